The summed E-state index contributed by atoms with van der Waals surface area (Å²) in [6, 6.07) is 0.0567. The van der Waals surface area contributed by atoms with Crippen molar-refractivity contribution < 1.29 is 0 Å². The molecule has 0 aliphatic carbocycles. The molecule has 2 atom stereocenters. The SMILES string of the molecule is CCC(C)C(N)c1nnc(C)s1. The molecule has 0 amide bonds. The molecule has 1 rings (SSSR count). The van der Waals surface area contributed by atoms with Gasteiger partial charge in [-0.05, 0) is 12.8 Å². The number of hydrogen-bond donors (Lipinski definition) is 1. The van der Waals surface area contributed by atoms with Gasteiger partial charge in [0.15, 0.2) is 0 Å². The van der Waals surface area contributed by atoms with Crippen LogP contribution in [-0.2, 0) is 0 Å². The average Bonchev–Trinajstić information content (AvgIpc) is 2.49. The van der Waals surface area contributed by atoms with Crippen LogP contribution in [0.25, 0.3) is 0 Å². The lowest BCUT2D eigenvalue weighted by Crippen LogP contribution is -2.18. The Labute approximate surface area is 77.0 Å². The van der Waals surface area contributed by atoms with Crippen LogP contribution in [-0.4, -0.2) is 10.2 Å². The molecule has 4 heteroatoms. The summed E-state index contributed by atoms with van der Waals surface area (Å²) in [5, 5.41) is 9.92. The summed E-state index contributed by atoms with van der Waals surface area (Å²) in [5.41, 5.74) is 5.97. The zero-order valence-electron chi connectivity index (χ0n) is 7.74. The van der Waals surface area contributed by atoms with Gasteiger partial charge in [-0.15, -0.1) is 21.5 Å². The summed E-state index contributed by atoms with van der Waals surface area (Å²) in [6.07, 6.45) is 1.08. The number of nitrogens with two attached hydrogens (primary N) is 1. The van der Waals surface area contributed by atoms with Gasteiger partial charge in [0.2, 0.25) is 0 Å². The predicted molar refractivity (Wildman–Crippen MR) is 51.0 cm³/mol. The van der Waals surface area contributed by atoms with Gasteiger partial charge in [-0.1, -0.05) is 20.3 Å². The second-order valence-corrected chi connectivity index (χ2v) is 4.28. The van der Waals surface area contributed by atoms with Crippen molar-refractivity contribution in [2.24, 2.45) is 11.7 Å². The Hall–Kier alpha value is -0.480. The second-order valence-electron chi connectivity index (χ2n) is 3.07. The van der Waals surface area contributed by atoms with Gasteiger partial charge in [0.1, 0.15) is 10.0 Å². The van der Waals surface area contributed by atoms with Gasteiger partial charge in [0, 0.05) is 0 Å². The summed E-state index contributed by atoms with van der Waals surface area (Å²) in [7, 11) is 0. The first-order valence-corrected chi connectivity index (χ1v) is 5.02. The van der Waals surface area contributed by atoms with Crippen molar-refractivity contribution in [3.8, 4) is 0 Å². The molecule has 0 aromatic carbocycles. The lowest BCUT2D eigenvalue weighted by molar-refractivity contribution is 0.453. The van der Waals surface area contributed by atoms with E-state index >= 15 is 0 Å². The summed E-state index contributed by atoms with van der Waals surface area (Å²) in [5.74, 6) is 0.484. The Morgan fingerprint density at radius 2 is 2.17 bits per heavy atom. The van der Waals surface area contributed by atoms with Gasteiger partial charge < -0.3 is 5.73 Å². The third-order valence-electron chi connectivity index (χ3n) is 2.08. The first-order valence-electron chi connectivity index (χ1n) is 4.20. The van der Waals surface area contributed by atoms with E-state index in [1.165, 1.54) is 0 Å². The van der Waals surface area contributed by atoms with Crippen molar-refractivity contribution in [2.75, 3.05) is 0 Å². The van der Waals surface area contributed by atoms with Crippen LogP contribution >= 0.6 is 11.3 Å². The van der Waals surface area contributed by atoms with E-state index in [0.717, 1.165) is 16.4 Å². The number of rotatable bonds is 3. The molecule has 0 saturated heterocycles. The van der Waals surface area contributed by atoms with E-state index in [1.54, 1.807) is 11.3 Å². The minimum atomic E-state index is 0.0567. The third kappa shape index (κ3) is 2.01. The first kappa shape index (κ1) is 9.61. The molecule has 2 N–H and O–H groups in total. The minimum absolute atomic E-state index is 0.0567. The predicted octanol–water partition coefficient (Wildman–Crippen LogP) is 1.89. The second kappa shape index (κ2) is 3.96. The van der Waals surface area contributed by atoms with Gasteiger partial charge in [0.05, 0.1) is 6.04 Å². The third-order valence-corrected chi connectivity index (χ3v) is 3.02. The molecule has 0 spiro atoms. The monoisotopic (exact) mass is 185 g/mol. The highest BCUT2D eigenvalue weighted by Crippen LogP contribution is 2.23. The van der Waals surface area contributed by atoms with E-state index in [0.29, 0.717) is 5.92 Å². The van der Waals surface area contributed by atoms with Crippen LogP contribution in [0.5, 0.6) is 0 Å². The first-order chi connectivity index (χ1) is 5.65. The molecule has 1 heterocycles. The topological polar surface area (TPSA) is 51.8 Å². The molecule has 1 aromatic rings. The van der Waals surface area contributed by atoms with Crippen molar-refractivity contribution >= 4 is 11.3 Å². The van der Waals surface area contributed by atoms with E-state index < -0.39 is 0 Å². The number of nitrogens with zero attached hydrogens (tertiary/aromatic N) is 2. The van der Waals surface area contributed by atoms with Crippen LogP contribution in [0.15, 0.2) is 0 Å². The fourth-order valence-electron chi connectivity index (χ4n) is 0.944. The molecular formula is C8H15N3S. The zero-order chi connectivity index (χ0) is 9.14. The lowest BCUT2D eigenvalue weighted by Gasteiger charge is -2.14. The van der Waals surface area contributed by atoms with Crippen molar-refractivity contribution in [1.29, 1.82) is 0 Å². The van der Waals surface area contributed by atoms with Crippen LogP contribution in [0.3, 0.4) is 0 Å². The van der Waals surface area contributed by atoms with E-state index in [-0.39, 0.29) is 6.04 Å². The van der Waals surface area contributed by atoms with Crippen molar-refractivity contribution in [3.63, 3.8) is 0 Å². The van der Waals surface area contributed by atoms with Crippen LogP contribution < -0.4 is 5.73 Å². The molecule has 68 valence electrons. The Morgan fingerprint density at radius 1 is 1.50 bits per heavy atom. The number of aromatic nitrogens is 2. The molecule has 1 aromatic heterocycles. The molecular weight excluding hydrogens is 170 g/mol. The van der Waals surface area contributed by atoms with Crippen LogP contribution in [0, 0.1) is 12.8 Å². The van der Waals surface area contributed by atoms with Gasteiger partial charge in [0.25, 0.3) is 0 Å². The summed E-state index contributed by atoms with van der Waals surface area (Å²) in [6.45, 7) is 6.23. The Balaban J connectivity index is 2.70. The Kier molecular flexibility index (Phi) is 3.17. The highest BCUT2D eigenvalue weighted by Gasteiger charge is 2.16. The molecule has 0 fully saturated rings. The van der Waals surface area contributed by atoms with Gasteiger partial charge in [-0.25, -0.2) is 0 Å². The fraction of sp³-hybridized carbons (Fsp3) is 0.750. The van der Waals surface area contributed by atoms with Crippen molar-refractivity contribution in [2.45, 2.75) is 33.2 Å². The maximum Gasteiger partial charge on any atom is 0.134 e. The molecule has 0 aliphatic rings. The Morgan fingerprint density at radius 3 is 2.58 bits per heavy atom. The normalized spacial score (nSPS) is 16.0. The standard InChI is InChI=1S/C8H15N3S/c1-4-5(2)7(9)8-11-10-6(3)12-8/h5,7H,4,9H2,1-3H3. The highest BCUT2D eigenvalue weighted by molar-refractivity contribution is 7.11. The average molecular weight is 185 g/mol. The van der Waals surface area contributed by atoms with E-state index in [4.69, 9.17) is 5.73 Å². The van der Waals surface area contributed by atoms with Crippen LogP contribution in [0.1, 0.15) is 36.3 Å². The summed E-state index contributed by atoms with van der Waals surface area (Å²) in [4.78, 5) is 0. The van der Waals surface area contributed by atoms with Crippen molar-refractivity contribution in [1.82, 2.24) is 10.2 Å². The van der Waals surface area contributed by atoms with Gasteiger partial charge >= 0.3 is 0 Å². The largest absolute Gasteiger partial charge is 0.322 e. The smallest absolute Gasteiger partial charge is 0.134 e. The lowest BCUT2D eigenvalue weighted by atomic mass is 10.0. The quantitative estimate of drug-likeness (QED) is 0.782. The number of hydrogen-bond acceptors (Lipinski definition) is 4. The number of aryl methyl sites for hydroxylation is 1. The molecule has 0 aliphatic heterocycles. The maximum atomic E-state index is 5.97. The van der Waals surface area contributed by atoms with E-state index in [1.807, 2.05) is 6.92 Å². The van der Waals surface area contributed by atoms with E-state index in [9.17, 15) is 0 Å². The molecule has 12 heavy (non-hydrogen) atoms. The van der Waals surface area contributed by atoms with Gasteiger partial charge in [-0.2, -0.15) is 0 Å². The van der Waals surface area contributed by atoms with Crippen LogP contribution in [0.4, 0.5) is 0 Å². The molecule has 2 unspecified atom stereocenters. The highest BCUT2D eigenvalue weighted by atomic mass is 32.1. The van der Waals surface area contributed by atoms with Crippen molar-refractivity contribution in [3.05, 3.63) is 10.0 Å². The molecule has 0 saturated carbocycles. The molecule has 3 nitrogen and oxygen atoms in total. The fourth-order valence-corrected chi connectivity index (χ4v) is 1.78. The zero-order valence-corrected chi connectivity index (χ0v) is 8.56. The summed E-state index contributed by atoms with van der Waals surface area (Å²) < 4.78 is 0. The van der Waals surface area contributed by atoms with E-state index in [2.05, 4.69) is 24.0 Å². The summed E-state index contributed by atoms with van der Waals surface area (Å²) >= 11 is 1.59. The Bertz CT molecular complexity index is 246. The molecule has 0 bridgehead atoms. The molecule has 0 radical (unpaired) electrons. The maximum absolute atomic E-state index is 5.97. The van der Waals surface area contributed by atoms with Gasteiger partial charge in [-0.3, -0.25) is 0 Å². The minimum Gasteiger partial charge on any atom is -0.322 e. The van der Waals surface area contributed by atoms with Crippen LogP contribution in [0.2, 0.25) is 0 Å².